The van der Waals surface area contributed by atoms with E-state index >= 15 is 0 Å². The number of nitriles is 1. The molecule has 1 aromatic heterocycles. The van der Waals surface area contributed by atoms with E-state index in [-0.39, 0.29) is 5.91 Å². The molecule has 2 heterocycles. The highest BCUT2D eigenvalue weighted by molar-refractivity contribution is 6.00. The molecule has 9 nitrogen and oxygen atoms in total. The average Bonchev–Trinajstić information content (AvgIpc) is 3.34. The number of likely N-dealkylation sites (tertiary alicyclic amines) is 1. The van der Waals surface area contributed by atoms with Crippen LogP contribution < -0.4 is 20.1 Å². The van der Waals surface area contributed by atoms with Gasteiger partial charge in [-0.15, -0.1) is 4.99 Å². The molecule has 34 heavy (non-hydrogen) atoms. The molecule has 0 radical (unpaired) electrons. The van der Waals surface area contributed by atoms with Gasteiger partial charge >= 0.3 is 0 Å². The van der Waals surface area contributed by atoms with Gasteiger partial charge in [0, 0.05) is 25.8 Å². The maximum atomic E-state index is 13.1. The zero-order valence-electron chi connectivity index (χ0n) is 19.8. The van der Waals surface area contributed by atoms with E-state index in [2.05, 4.69) is 20.6 Å². The highest BCUT2D eigenvalue weighted by Gasteiger charge is 2.30. The van der Waals surface area contributed by atoms with Crippen LogP contribution in [-0.2, 0) is 0 Å². The summed E-state index contributed by atoms with van der Waals surface area (Å²) in [5, 5.41) is 15.1. The highest BCUT2D eigenvalue weighted by Crippen LogP contribution is 2.32. The maximum absolute atomic E-state index is 13.1. The molecule has 1 atom stereocenters. The van der Waals surface area contributed by atoms with Crippen molar-refractivity contribution in [3.05, 3.63) is 48.3 Å². The van der Waals surface area contributed by atoms with Gasteiger partial charge in [-0.2, -0.15) is 5.26 Å². The second kappa shape index (κ2) is 13.0. The summed E-state index contributed by atoms with van der Waals surface area (Å²) in [6.45, 7) is 2.23. The van der Waals surface area contributed by atoms with Crippen LogP contribution in [0.25, 0.3) is 0 Å². The number of pyridine rings is 1. The highest BCUT2D eigenvalue weighted by atomic mass is 16.5. The second-order valence-corrected chi connectivity index (χ2v) is 8.15. The summed E-state index contributed by atoms with van der Waals surface area (Å²) >= 11 is 0. The lowest BCUT2D eigenvalue weighted by molar-refractivity contribution is 0.0779. The molecule has 1 amide bonds. The fraction of sp³-hybridized carbons (Fsp3) is 0.440. The Morgan fingerprint density at radius 3 is 2.68 bits per heavy atom. The summed E-state index contributed by atoms with van der Waals surface area (Å²) in [6, 6.07) is 9.07. The number of aromatic nitrogens is 1. The van der Waals surface area contributed by atoms with Gasteiger partial charge < -0.3 is 25.0 Å². The Balaban J connectivity index is 1.38. The first-order valence-electron chi connectivity index (χ1n) is 11.5. The Labute approximate surface area is 200 Å². The second-order valence-electron chi connectivity index (χ2n) is 8.15. The molecule has 0 saturated carbocycles. The SMILES string of the molecule is COc1cccc(OC)c1C(=O)N1CCC(CCCCCNC(=NC#N)Nc2cccnc2)C1. The molecular weight excluding hydrogens is 432 g/mol. The average molecular weight is 465 g/mol. The molecule has 1 aliphatic heterocycles. The third-order valence-electron chi connectivity index (χ3n) is 5.88. The fourth-order valence-corrected chi connectivity index (χ4v) is 4.15. The van der Waals surface area contributed by atoms with E-state index in [9.17, 15) is 4.79 Å². The number of unbranched alkanes of at least 4 members (excludes halogenated alkanes) is 2. The minimum Gasteiger partial charge on any atom is -0.496 e. The van der Waals surface area contributed by atoms with E-state index in [4.69, 9.17) is 14.7 Å². The quantitative estimate of drug-likeness (QED) is 0.239. The van der Waals surface area contributed by atoms with Crippen LogP contribution >= 0.6 is 0 Å². The van der Waals surface area contributed by atoms with E-state index < -0.39 is 0 Å². The van der Waals surface area contributed by atoms with Crippen LogP contribution in [0, 0.1) is 17.4 Å². The van der Waals surface area contributed by atoms with Gasteiger partial charge in [-0.05, 0) is 49.4 Å². The number of aliphatic imine (C=N–C) groups is 1. The van der Waals surface area contributed by atoms with Crippen LogP contribution in [-0.4, -0.2) is 55.6 Å². The first-order valence-corrected chi connectivity index (χ1v) is 11.5. The number of methoxy groups -OCH3 is 2. The monoisotopic (exact) mass is 464 g/mol. The zero-order chi connectivity index (χ0) is 24.2. The Hall–Kier alpha value is -3.80. The molecule has 1 aromatic carbocycles. The largest absolute Gasteiger partial charge is 0.496 e. The molecule has 9 heteroatoms. The number of hydrogen-bond acceptors (Lipinski definition) is 6. The Kier molecular flexibility index (Phi) is 9.52. The number of hydrogen-bond donors (Lipinski definition) is 2. The van der Waals surface area contributed by atoms with Crippen molar-refractivity contribution in [3.63, 3.8) is 0 Å². The molecular formula is C25H32N6O3. The number of carbonyl (C=O) groups excluding carboxylic acids is 1. The molecule has 0 spiro atoms. The van der Waals surface area contributed by atoms with E-state index in [0.29, 0.717) is 28.9 Å². The van der Waals surface area contributed by atoms with Crippen molar-refractivity contribution in [1.82, 2.24) is 15.2 Å². The molecule has 3 rings (SSSR count). The smallest absolute Gasteiger partial charge is 0.261 e. The van der Waals surface area contributed by atoms with E-state index in [0.717, 1.165) is 57.4 Å². The Bertz CT molecular complexity index is 983. The normalized spacial score (nSPS) is 15.5. The number of nitrogens with one attached hydrogen (secondary N) is 2. The van der Waals surface area contributed by atoms with Crippen molar-refractivity contribution in [2.75, 3.05) is 39.2 Å². The number of rotatable bonds is 10. The molecule has 0 aliphatic carbocycles. The summed E-state index contributed by atoms with van der Waals surface area (Å²) in [6.07, 6.45) is 10.4. The van der Waals surface area contributed by atoms with Crippen LogP contribution in [0.15, 0.2) is 47.7 Å². The third-order valence-corrected chi connectivity index (χ3v) is 5.88. The molecule has 1 unspecified atom stereocenters. The van der Waals surface area contributed by atoms with Crippen molar-refractivity contribution >= 4 is 17.6 Å². The van der Waals surface area contributed by atoms with E-state index in [1.807, 2.05) is 29.3 Å². The molecule has 0 bridgehead atoms. The molecule has 1 aliphatic rings. The van der Waals surface area contributed by atoms with Gasteiger partial charge in [0.15, 0.2) is 0 Å². The minimum absolute atomic E-state index is 0.0357. The number of benzene rings is 1. The predicted octanol–water partition coefficient (Wildman–Crippen LogP) is 3.66. The molecule has 2 N–H and O–H groups in total. The molecule has 2 aromatic rings. The van der Waals surface area contributed by atoms with Crippen LogP contribution in [0.2, 0.25) is 0 Å². The predicted molar refractivity (Wildman–Crippen MR) is 131 cm³/mol. The number of amides is 1. The van der Waals surface area contributed by atoms with Crippen molar-refractivity contribution in [3.8, 4) is 17.7 Å². The van der Waals surface area contributed by atoms with Crippen LogP contribution in [0.1, 0.15) is 42.5 Å². The summed E-state index contributed by atoms with van der Waals surface area (Å²) < 4.78 is 10.8. The zero-order valence-corrected chi connectivity index (χ0v) is 19.8. The molecule has 180 valence electrons. The van der Waals surface area contributed by atoms with E-state index in [1.54, 1.807) is 38.7 Å². The van der Waals surface area contributed by atoms with E-state index in [1.165, 1.54) is 0 Å². The number of nitrogens with zero attached hydrogens (tertiary/aromatic N) is 4. The summed E-state index contributed by atoms with van der Waals surface area (Å²) in [7, 11) is 3.13. The Morgan fingerprint density at radius 1 is 1.21 bits per heavy atom. The first kappa shape index (κ1) is 24.8. The topological polar surface area (TPSA) is 112 Å². The lowest BCUT2D eigenvalue weighted by Gasteiger charge is -2.20. The number of guanidine groups is 1. The molecule has 1 fully saturated rings. The van der Waals surface area contributed by atoms with Crippen molar-refractivity contribution in [2.45, 2.75) is 32.1 Å². The summed E-state index contributed by atoms with van der Waals surface area (Å²) in [5.74, 6) is 1.97. The number of ether oxygens (including phenoxy) is 2. The Morgan fingerprint density at radius 2 is 2.00 bits per heavy atom. The standard InChI is InChI=1S/C25H32N6O3/c1-33-21-10-6-11-22(34-2)23(21)24(32)31-15-12-19(17-31)8-4-3-5-14-28-25(29-18-26)30-20-9-7-13-27-16-20/h6-7,9-11,13,16,19H,3-5,8,12,14-15,17H2,1-2H3,(H2,28,29,30). The van der Waals surface area contributed by atoms with Crippen molar-refractivity contribution in [1.29, 1.82) is 5.26 Å². The summed E-state index contributed by atoms with van der Waals surface area (Å²) in [4.78, 5) is 22.9. The first-order chi connectivity index (χ1) is 16.7. The lowest BCUT2D eigenvalue weighted by Crippen LogP contribution is -2.31. The van der Waals surface area contributed by atoms with Crippen molar-refractivity contribution in [2.24, 2.45) is 10.9 Å². The number of carbonyl (C=O) groups is 1. The van der Waals surface area contributed by atoms with Gasteiger partial charge in [0.05, 0.1) is 26.1 Å². The minimum atomic E-state index is -0.0357. The van der Waals surface area contributed by atoms with Gasteiger partial charge in [0.25, 0.3) is 5.91 Å². The maximum Gasteiger partial charge on any atom is 0.261 e. The van der Waals surface area contributed by atoms with Gasteiger partial charge in [0.2, 0.25) is 12.2 Å². The van der Waals surface area contributed by atoms with Crippen LogP contribution in [0.3, 0.4) is 0 Å². The van der Waals surface area contributed by atoms with Gasteiger partial charge in [-0.1, -0.05) is 18.9 Å². The van der Waals surface area contributed by atoms with Gasteiger partial charge in [0.1, 0.15) is 17.1 Å². The summed E-state index contributed by atoms with van der Waals surface area (Å²) in [5.41, 5.74) is 1.27. The third kappa shape index (κ3) is 6.85. The van der Waals surface area contributed by atoms with Crippen molar-refractivity contribution < 1.29 is 14.3 Å². The number of anilines is 1. The fourth-order valence-electron chi connectivity index (χ4n) is 4.15. The lowest BCUT2D eigenvalue weighted by atomic mass is 10.0. The van der Waals surface area contributed by atoms with Crippen LogP contribution in [0.5, 0.6) is 11.5 Å². The van der Waals surface area contributed by atoms with Gasteiger partial charge in [-0.25, -0.2) is 0 Å². The van der Waals surface area contributed by atoms with Gasteiger partial charge in [-0.3, -0.25) is 9.78 Å². The molecule has 1 saturated heterocycles. The van der Waals surface area contributed by atoms with Crippen LogP contribution in [0.4, 0.5) is 5.69 Å².